The van der Waals surface area contributed by atoms with Crippen molar-refractivity contribution < 1.29 is 17.9 Å². The van der Waals surface area contributed by atoms with Gasteiger partial charge >= 0.3 is 0 Å². The van der Waals surface area contributed by atoms with Crippen LogP contribution in [0.3, 0.4) is 0 Å². The van der Waals surface area contributed by atoms with Gasteiger partial charge < -0.3 is 10.1 Å². The van der Waals surface area contributed by atoms with Gasteiger partial charge in [-0.25, -0.2) is 8.42 Å². The Hall–Kier alpha value is -2.54. The number of aryl methyl sites for hydroxylation is 1. The standard InChI is InChI=1S/C18H22N2O4S/c1-14-8-10-15(11-9-14)20(25(3,22)23)13-12-19-18(21)16-6-4-5-7-17(16)24-2/h4-11H,12-13H2,1-3H3,(H,19,21). The highest BCUT2D eigenvalue weighted by Gasteiger charge is 2.18. The number of nitrogens with zero attached hydrogens (tertiary/aromatic N) is 1. The molecule has 0 radical (unpaired) electrons. The van der Waals surface area contributed by atoms with Gasteiger partial charge in [0.2, 0.25) is 10.0 Å². The van der Waals surface area contributed by atoms with Crippen molar-refractivity contribution >= 4 is 21.6 Å². The second-order valence-corrected chi connectivity index (χ2v) is 7.53. The lowest BCUT2D eigenvalue weighted by Crippen LogP contribution is -2.38. The Bertz CT molecular complexity index is 832. The average molecular weight is 362 g/mol. The van der Waals surface area contributed by atoms with Crippen molar-refractivity contribution in [3.05, 3.63) is 59.7 Å². The smallest absolute Gasteiger partial charge is 0.255 e. The molecule has 1 amide bonds. The molecule has 0 unspecified atom stereocenters. The number of carbonyl (C=O) groups excluding carboxylic acids is 1. The first-order valence-corrected chi connectivity index (χ1v) is 9.63. The van der Waals surface area contributed by atoms with Crippen LogP contribution in [0.5, 0.6) is 5.75 Å². The minimum Gasteiger partial charge on any atom is -0.496 e. The number of amides is 1. The maximum absolute atomic E-state index is 12.3. The highest BCUT2D eigenvalue weighted by Crippen LogP contribution is 2.18. The van der Waals surface area contributed by atoms with Gasteiger partial charge in [0.15, 0.2) is 0 Å². The van der Waals surface area contributed by atoms with Crippen LogP contribution in [-0.4, -0.2) is 40.8 Å². The summed E-state index contributed by atoms with van der Waals surface area (Å²) in [7, 11) is -1.95. The summed E-state index contributed by atoms with van der Waals surface area (Å²) < 4.78 is 30.5. The molecule has 0 aliphatic heterocycles. The normalized spacial score (nSPS) is 11.0. The van der Waals surface area contributed by atoms with Crippen LogP contribution in [-0.2, 0) is 10.0 Å². The molecule has 0 spiro atoms. The number of hydrogen-bond donors (Lipinski definition) is 1. The topological polar surface area (TPSA) is 75.7 Å². The van der Waals surface area contributed by atoms with E-state index in [2.05, 4.69) is 5.32 Å². The van der Waals surface area contributed by atoms with Gasteiger partial charge in [0.25, 0.3) is 5.91 Å². The molecule has 2 aromatic carbocycles. The van der Waals surface area contributed by atoms with Crippen molar-refractivity contribution in [2.75, 3.05) is 30.8 Å². The molecule has 6 nitrogen and oxygen atoms in total. The Labute approximate surface area is 148 Å². The third-order valence-corrected chi connectivity index (χ3v) is 4.87. The summed E-state index contributed by atoms with van der Waals surface area (Å²) in [6.45, 7) is 2.25. The van der Waals surface area contributed by atoms with E-state index in [0.29, 0.717) is 17.0 Å². The van der Waals surface area contributed by atoms with Crippen molar-refractivity contribution in [1.29, 1.82) is 0 Å². The highest BCUT2D eigenvalue weighted by molar-refractivity contribution is 7.92. The lowest BCUT2D eigenvalue weighted by atomic mass is 10.2. The molecule has 0 fully saturated rings. The summed E-state index contributed by atoms with van der Waals surface area (Å²) in [5.41, 5.74) is 2.02. The van der Waals surface area contributed by atoms with Crippen LogP contribution < -0.4 is 14.4 Å². The van der Waals surface area contributed by atoms with Crippen molar-refractivity contribution in [2.24, 2.45) is 0 Å². The van der Waals surface area contributed by atoms with Gasteiger partial charge in [-0.05, 0) is 31.2 Å². The van der Waals surface area contributed by atoms with Crippen LogP contribution in [0.2, 0.25) is 0 Å². The summed E-state index contributed by atoms with van der Waals surface area (Å²) in [6.07, 6.45) is 1.15. The second-order valence-electron chi connectivity index (χ2n) is 5.63. The molecule has 7 heteroatoms. The lowest BCUT2D eigenvalue weighted by Gasteiger charge is -2.22. The molecular weight excluding hydrogens is 340 g/mol. The first-order valence-electron chi connectivity index (χ1n) is 7.78. The van der Waals surface area contributed by atoms with Gasteiger partial charge in [0, 0.05) is 6.54 Å². The van der Waals surface area contributed by atoms with E-state index in [1.807, 2.05) is 19.1 Å². The van der Waals surface area contributed by atoms with E-state index in [1.165, 1.54) is 11.4 Å². The first-order chi connectivity index (χ1) is 11.8. The summed E-state index contributed by atoms with van der Waals surface area (Å²) >= 11 is 0. The lowest BCUT2D eigenvalue weighted by molar-refractivity contribution is 0.0952. The van der Waals surface area contributed by atoms with E-state index >= 15 is 0 Å². The molecule has 0 aliphatic rings. The summed E-state index contributed by atoms with van der Waals surface area (Å²) in [4.78, 5) is 12.3. The fraction of sp³-hybridized carbons (Fsp3) is 0.278. The Morgan fingerprint density at radius 1 is 1.12 bits per heavy atom. The molecule has 0 aromatic heterocycles. The molecule has 0 saturated carbocycles. The largest absolute Gasteiger partial charge is 0.496 e. The van der Waals surface area contributed by atoms with Crippen molar-refractivity contribution in [3.63, 3.8) is 0 Å². The van der Waals surface area contributed by atoms with E-state index < -0.39 is 10.0 Å². The van der Waals surface area contributed by atoms with Crippen LogP contribution in [0.1, 0.15) is 15.9 Å². The number of ether oxygens (including phenoxy) is 1. The van der Waals surface area contributed by atoms with E-state index in [0.717, 1.165) is 11.8 Å². The molecule has 0 bridgehead atoms. The number of hydrogen-bond acceptors (Lipinski definition) is 4. The van der Waals surface area contributed by atoms with Gasteiger partial charge in [-0.1, -0.05) is 29.8 Å². The van der Waals surface area contributed by atoms with Crippen molar-refractivity contribution in [1.82, 2.24) is 5.32 Å². The summed E-state index contributed by atoms with van der Waals surface area (Å²) in [5, 5.41) is 2.73. The molecule has 0 saturated heterocycles. The first kappa shape index (κ1) is 18.8. The van der Waals surface area contributed by atoms with Crippen LogP contribution in [0.15, 0.2) is 48.5 Å². The number of benzene rings is 2. The third kappa shape index (κ3) is 4.96. The molecule has 2 aromatic rings. The fourth-order valence-electron chi connectivity index (χ4n) is 2.40. The maximum Gasteiger partial charge on any atom is 0.255 e. The Morgan fingerprint density at radius 2 is 1.76 bits per heavy atom. The van der Waals surface area contributed by atoms with E-state index in [9.17, 15) is 13.2 Å². The zero-order chi connectivity index (χ0) is 18.4. The predicted octanol–water partition coefficient (Wildman–Crippen LogP) is 2.20. The minimum atomic E-state index is -3.45. The number of methoxy groups -OCH3 is 1. The SMILES string of the molecule is COc1ccccc1C(=O)NCCN(c1ccc(C)cc1)S(C)(=O)=O. The number of sulfonamides is 1. The summed E-state index contributed by atoms with van der Waals surface area (Å²) in [6, 6.07) is 14.1. The fourth-order valence-corrected chi connectivity index (χ4v) is 3.32. The number of nitrogens with one attached hydrogen (secondary N) is 1. The van der Waals surface area contributed by atoms with Crippen molar-refractivity contribution in [2.45, 2.75) is 6.92 Å². The highest BCUT2D eigenvalue weighted by atomic mass is 32.2. The number of anilines is 1. The monoisotopic (exact) mass is 362 g/mol. The molecule has 0 atom stereocenters. The molecule has 1 N–H and O–H groups in total. The van der Waals surface area contributed by atoms with Crippen LogP contribution in [0, 0.1) is 6.92 Å². The molecule has 25 heavy (non-hydrogen) atoms. The predicted molar refractivity (Wildman–Crippen MR) is 98.7 cm³/mol. The van der Waals surface area contributed by atoms with E-state index in [1.54, 1.807) is 36.4 Å². The van der Waals surface area contributed by atoms with Gasteiger partial charge in [0.05, 0.1) is 31.2 Å². The third-order valence-electron chi connectivity index (χ3n) is 3.67. The zero-order valence-electron chi connectivity index (χ0n) is 14.5. The van der Waals surface area contributed by atoms with Gasteiger partial charge in [0.1, 0.15) is 5.75 Å². The Morgan fingerprint density at radius 3 is 2.36 bits per heavy atom. The number of para-hydroxylation sites is 1. The van der Waals surface area contributed by atoms with Gasteiger partial charge in [-0.15, -0.1) is 0 Å². The van der Waals surface area contributed by atoms with E-state index in [-0.39, 0.29) is 19.0 Å². The summed E-state index contributed by atoms with van der Waals surface area (Å²) in [5.74, 6) is 0.160. The van der Waals surface area contributed by atoms with Crippen LogP contribution in [0.4, 0.5) is 5.69 Å². The van der Waals surface area contributed by atoms with Gasteiger partial charge in [-0.3, -0.25) is 9.10 Å². The molecule has 0 heterocycles. The van der Waals surface area contributed by atoms with Crippen LogP contribution >= 0.6 is 0 Å². The minimum absolute atomic E-state index is 0.142. The molecule has 134 valence electrons. The Kier molecular flexibility index (Phi) is 6.03. The zero-order valence-corrected chi connectivity index (χ0v) is 15.3. The van der Waals surface area contributed by atoms with Crippen LogP contribution in [0.25, 0.3) is 0 Å². The average Bonchev–Trinajstić information content (AvgIpc) is 2.58. The second kappa shape index (κ2) is 8.02. The van der Waals surface area contributed by atoms with E-state index in [4.69, 9.17) is 4.74 Å². The Balaban J connectivity index is 2.06. The number of rotatable bonds is 7. The van der Waals surface area contributed by atoms with Gasteiger partial charge in [-0.2, -0.15) is 0 Å². The maximum atomic E-state index is 12.3. The quantitative estimate of drug-likeness (QED) is 0.819. The molecule has 0 aliphatic carbocycles. The number of carbonyl (C=O) groups is 1. The molecular formula is C18H22N2O4S. The molecule has 2 rings (SSSR count). The van der Waals surface area contributed by atoms with Crippen molar-refractivity contribution in [3.8, 4) is 5.75 Å².